The van der Waals surface area contributed by atoms with Gasteiger partial charge in [-0.3, -0.25) is 14.7 Å². The van der Waals surface area contributed by atoms with Gasteiger partial charge in [0.15, 0.2) is 6.10 Å². The maximum Gasteiger partial charge on any atom is 0.265 e. The van der Waals surface area contributed by atoms with E-state index in [1.54, 1.807) is 13.1 Å². The first-order valence-electron chi connectivity index (χ1n) is 7.30. The van der Waals surface area contributed by atoms with Crippen LogP contribution in [0.1, 0.15) is 18.1 Å². The predicted molar refractivity (Wildman–Crippen MR) is 84.6 cm³/mol. The van der Waals surface area contributed by atoms with E-state index in [1.807, 2.05) is 30.5 Å². The highest BCUT2D eigenvalue weighted by atomic mass is 16.5. The summed E-state index contributed by atoms with van der Waals surface area (Å²) in [5.41, 5.74) is 3.05. The summed E-state index contributed by atoms with van der Waals surface area (Å²) in [6.07, 6.45) is 3.21. The standard InChI is InChI=1S/C17H19N3O2/c1-12-17(21)19-15-8-13(5-6-16(15)22-12)10-20(2)11-14-4-3-7-18-9-14/h3-9,12H,10-11H2,1-2H3,(H,19,21). The number of carbonyl (C=O) groups excluding carboxylic acids is 1. The van der Waals surface area contributed by atoms with Crippen LogP contribution in [-0.4, -0.2) is 28.9 Å². The summed E-state index contributed by atoms with van der Waals surface area (Å²) in [5.74, 6) is 0.624. The molecule has 0 radical (unpaired) electrons. The van der Waals surface area contributed by atoms with E-state index in [2.05, 4.69) is 28.3 Å². The Morgan fingerprint density at radius 3 is 2.86 bits per heavy atom. The number of nitrogens with one attached hydrogen (secondary N) is 1. The van der Waals surface area contributed by atoms with Crippen LogP contribution in [0.3, 0.4) is 0 Å². The smallest absolute Gasteiger partial charge is 0.265 e. The molecule has 0 saturated heterocycles. The van der Waals surface area contributed by atoms with Crippen molar-refractivity contribution in [2.45, 2.75) is 26.1 Å². The number of anilines is 1. The molecule has 0 saturated carbocycles. The van der Waals surface area contributed by atoms with Crippen LogP contribution in [-0.2, 0) is 17.9 Å². The Morgan fingerprint density at radius 2 is 2.09 bits per heavy atom. The molecule has 1 amide bonds. The minimum absolute atomic E-state index is 0.103. The zero-order chi connectivity index (χ0) is 15.5. The van der Waals surface area contributed by atoms with E-state index in [-0.39, 0.29) is 5.91 Å². The molecule has 5 heteroatoms. The summed E-state index contributed by atoms with van der Waals surface area (Å²) >= 11 is 0. The van der Waals surface area contributed by atoms with E-state index in [0.29, 0.717) is 0 Å². The van der Waals surface area contributed by atoms with Crippen molar-refractivity contribution >= 4 is 11.6 Å². The Labute approximate surface area is 129 Å². The molecule has 1 aromatic carbocycles. The minimum Gasteiger partial charge on any atom is -0.479 e. The van der Waals surface area contributed by atoms with Crippen molar-refractivity contribution in [3.63, 3.8) is 0 Å². The van der Waals surface area contributed by atoms with E-state index in [1.165, 1.54) is 5.56 Å². The molecule has 0 aliphatic carbocycles. The van der Waals surface area contributed by atoms with Gasteiger partial charge < -0.3 is 10.1 Å². The van der Waals surface area contributed by atoms with Crippen molar-refractivity contribution in [2.75, 3.05) is 12.4 Å². The Morgan fingerprint density at radius 1 is 1.27 bits per heavy atom. The molecular formula is C17H19N3O2. The molecule has 1 aliphatic rings. The molecule has 1 aromatic heterocycles. The quantitative estimate of drug-likeness (QED) is 0.941. The highest BCUT2D eigenvalue weighted by Crippen LogP contribution is 2.30. The largest absolute Gasteiger partial charge is 0.479 e. The lowest BCUT2D eigenvalue weighted by Crippen LogP contribution is -2.34. The van der Waals surface area contributed by atoms with E-state index < -0.39 is 6.10 Å². The lowest BCUT2D eigenvalue weighted by molar-refractivity contribution is -0.122. The minimum atomic E-state index is -0.438. The van der Waals surface area contributed by atoms with Crippen LogP contribution in [0.4, 0.5) is 5.69 Å². The molecule has 114 valence electrons. The van der Waals surface area contributed by atoms with Gasteiger partial charge >= 0.3 is 0 Å². The third-order valence-electron chi connectivity index (χ3n) is 3.60. The molecule has 0 bridgehead atoms. The molecule has 1 aliphatic heterocycles. The average Bonchev–Trinajstić information content (AvgIpc) is 2.49. The zero-order valence-corrected chi connectivity index (χ0v) is 12.7. The predicted octanol–water partition coefficient (Wildman–Crippen LogP) is 2.43. The van der Waals surface area contributed by atoms with Crippen LogP contribution in [0.5, 0.6) is 5.75 Å². The van der Waals surface area contributed by atoms with Crippen LogP contribution >= 0.6 is 0 Å². The van der Waals surface area contributed by atoms with Gasteiger partial charge in [0.25, 0.3) is 5.91 Å². The van der Waals surface area contributed by atoms with Crippen LogP contribution in [0.25, 0.3) is 0 Å². The van der Waals surface area contributed by atoms with Crippen molar-refractivity contribution < 1.29 is 9.53 Å². The van der Waals surface area contributed by atoms with Gasteiger partial charge in [-0.1, -0.05) is 12.1 Å². The summed E-state index contributed by atoms with van der Waals surface area (Å²) in [7, 11) is 2.06. The summed E-state index contributed by atoms with van der Waals surface area (Å²) in [4.78, 5) is 18.0. The molecular weight excluding hydrogens is 278 g/mol. The molecule has 22 heavy (non-hydrogen) atoms. The van der Waals surface area contributed by atoms with Gasteiger partial charge in [-0.2, -0.15) is 0 Å². The second-order valence-corrected chi connectivity index (χ2v) is 5.61. The first-order chi connectivity index (χ1) is 10.6. The second kappa shape index (κ2) is 6.15. The summed E-state index contributed by atoms with van der Waals surface area (Å²) in [5, 5.41) is 2.88. The number of aromatic nitrogens is 1. The molecule has 0 fully saturated rings. The highest BCUT2D eigenvalue weighted by Gasteiger charge is 2.23. The highest BCUT2D eigenvalue weighted by molar-refractivity contribution is 5.97. The normalized spacial score (nSPS) is 16.9. The molecule has 1 atom stereocenters. The number of benzene rings is 1. The van der Waals surface area contributed by atoms with E-state index in [0.717, 1.165) is 30.1 Å². The first kappa shape index (κ1) is 14.5. The molecule has 0 spiro atoms. The maximum atomic E-state index is 11.7. The van der Waals surface area contributed by atoms with Crippen molar-refractivity contribution in [3.05, 3.63) is 53.9 Å². The third-order valence-corrected chi connectivity index (χ3v) is 3.60. The number of fused-ring (bicyclic) bond motifs is 1. The topological polar surface area (TPSA) is 54.5 Å². The Kier molecular flexibility index (Phi) is 4.06. The van der Waals surface area contributed by atoms with Gasteiger partial charge in [-0.25, -0.2) is 0 Å². The maximum absolute atomic E-state index is 11.7. The fourth-order valence-electron chi connectivity index (χ4n) is 2.53. The number of rotatable bonds is 4. The molecule has 3 rings (SSSR count). The van der Waals surface area contributed by atoms with Crippen LogP contribution in [0, 0.1) is 0 Å². The van der Waals surface area contributed by atoms with Crippen LogP contribution < -0.4 is 10.1 Å². The van der Waals surface area contributed by atoms with E-state index >= 15 is 0 Å². The Hall–Kier alpha value is -2.40. The summed E-state index contributed by atoms with van der Waals surface area (Å²) in [6.45, 7) is 3.35. The van der Waals surface area contributed by atoms with Gasteiger partial charge in [0, 0.05) is 25.5 Å². The van der Waals surface area contributed by atoms with Crippen LogP contribution in [0.2, 0.25) is 0 Å². The van der Waals surface area contributed by atoms with Gasteiger partial charge in [0.2, 0.25) is 0 Å². The lowest BCUT2D eigenvalue weighted by Gasteiger charge is -2.24. The number of amides is 1. The Bertz CT molecular complexity index is 673. The molecule has 2 aromatic rings. The van der Waals surface area contributed by atoms with Gasteiger partial charge in [-0.05, 0) is 43.3 Å². The summed E-state index contributed by atoms with van der Waals surface area (Å²) < 4.78 is 5.57. The SMILES string of the molecule is CC1Oc2ccc(CN(C)Cc3cccnc3)cc2NC1=O. The zero-order valence-electron chi connectivity index (χ0n) is 12.7. The number of carbonyl (C=O) groups is 1. The number of nitrogens with zero attached hydrogens (tertiary/aromatic N) is 2. The molecule has 1 unspecified atom stereocenters. The average molecular weight is 297 g/mol. The summed E-state index contributed by atoms with van der Waals surface area (Å²) in [6, 6.07) is 9.92. The number of hydrogen-bond donors (Lipinski definition) is 1. The van der Waals surface area contributed by atoms with Crippen molar-refractivity contribution in [1.82, 2.24) is 9.88 Å². The third kappa shape index (κ3) is 3.26. The molecule has 1 N–H and O–H groups in total. The van der Waals surface area contributed by atoms with Crippen molar-refractivity contribution in [3.8, 4) is 5.75 Å². The lowest BCUT2D eigenvalue weighted by atomic mass is 10.1. The van der Waals surface area contributed by atoms with E-state index in [4.69, 9.17) is 4.74 Å². The van der Waals surface area contributed by atoms with Gasteiger partial charge in [0.05, 0.1) is 5.69 Å². The fraction of sp³-hybridized carbons (Fsp3) is 0.294. The molecule has 2 heterocycles. The number of pyridine rings is 1. The van der Waals surface area contributed by atoms with Crippen molar-refractivity contribution in [1.29, 1.82) is 0 Å². The fourth-order valence-corrected chi connectivity index (χ4v) is 2.53. The number of hydrogen-bond acceptors (Lipinski definition) is 4. The first-order valence-corrected chi connectivity index (χ1v) is 7.30. The monoisotopic (exact) mass is 297 g/mol. The van der Waals surface area contributed by atoms with Crippen molar-refractivity contribution in [2.24, 2.45) is 0 Å². The van der Waals surface area contributed by atoms with Gasteiger partial charge in [0.1, 0.15) is 5.75 Å². The van der Waals surface area contributed by atoms with Crippen LogP contribution in [0.15, 0.2) is 42.7 Å². The van der Waals surface area contributed by atoms with E-state index in [9.17, 15) is 4.79 Å². The second-order valence-electron chi connectivity index (χ2n) is 5.61. The molecule has 5 nitrogen and oxygen atoms in total. The number of ether oxygens (including phenoxy) is 1. The Balaban J connectivity index is 1.68. The van der Waals surface area contributed by atoms with Gasteiger partial charge in [-0.15, -0.1) is 0 Å².